The Balaban J connectivity index is 1.28. The Morgan fingerprint density at radius 1 is 1.00 bits per heavy atom. The highest BCUT2D eigenvalue weighted by atomic mass is 35.5. The van der Waals surface area contributed by atoms with E-state index in [1.807, 2.05) is 37.4 Å². The number of halogens is 1. The second kappa shape index (κ2) is 8.58. The van der Waals surface area contributed by atoms with E-state index in [-0.39, 0.29) is 11.8 Å². The monoisotopic (exact) mass is 568 g/mol. The summed E-state index contributed by atoms with van der Waals surface area (Å²) in [5, 5.41) is 8.00. The number of para-hydroxylation sites is 1. The third kappa shape index (κ3) is 3.30. The van der Waals surface area contributed by atoms with Crippen LogP contribution in [0, 0.1) is 18.8 Å². The molecule has 3 aromatic carbocycles. The molecule has 41 heavy (non-hydrogen) atoms. The SMILES string of the molecule is Cc1cc(Cl)cc2c1NC(=O)C21NC(Cc2c[nH]c3ccccc23)[C@H]2C(=O)N(c3ccc4c(c3)OCCO4)C(=O)[C@H]21. The van der Waals surface area contributed by atoms with Crippen LogP contribution < -0.4 is 25.0 Å². The average molecular weight is 569 g/mol. The summed E-state index contributed by atoms with van der Waals surface area (Å²) >= 11 is 6.50. The number of imide groups is 1. The summed E-state index contributed by atoms with van der Waals surface area (Å²) in [6.07, 6.45) is 2.36. The zero-order chi connectivity index (χ0) is 28.0. The van der Waals surface area contributed by atoms with Gasteiger partial charge in [-0.25, -0.2) is 4.90 Å². The molecule has 10 heteroatoms. The van der Waals surface area contributed by atoms with Crippen molar-refractivity contribution in [2.45, 2.75) is 24.9 Å². The summed E-state index contributed by atoms with van der Waals surface area (Å²) in [7, 11) is 0. The molecule has 0 radical (unpaired) electrons. The van der Waals surface area contributed by atoms with Gasteiger partial charge in [0.2, 0.25) is 17.7 Å². The fraction of sp³-hybridized carbons (Fsp3) is 0.258. The minimum atomic E-state index is -1.46. The van der Waals surface area contributed by atoms with Gasteiger partial charge in [0, 0.05) is 45.5 Å². The molecule has 5 heterocycles. The van der Waals surface area contributed by atoms with E-state index in [1.54, 1.807) is 30.3 Å². The highest BCUT2D eigenvalue weighted by Gasteiger charge is 2.70. The first-order valence-corrected chi connectivity index (χ1v) is 14.0. The number of anilines is 2. The fourth-order valence-corrected chi connectivity index (χ4v) is 7.44. The van der Waals surface area contributed by atoms with Crippen molar-refractivity contribution in [3.8, 4) is 11.5 Å². The molecule has 2 unspecified atom stereocenters. The molecule has 0 bridgehead atoms. The fourth-order valence-electron chi connectivity index (χ4n) is 7.17. The van der Waals surface area contributed by atoms with Crippen LogP contribution in [0.25, 0.3) is 10.9 Å². The number of carbonyl (C=O) groups is 3. The van der Waals surface area contributed by atoms with E-state index in [4.69, 9.17) is 21.1 Å². The molecule has 3 amide bonds. The van der Waals surface area contributed by atoms with Crippen LogP contribution in [-0.4, -0.2) is 42.0 Å². The Hall–Kier alpha value is -4.34. The highest BCUT2D eigenvalue weighted by Crippen LogP contribution is 2.55. The third-order valence-electron chi connectivity index (χ3n) is 8.88. The average Bonchev–Trinajstić information content (AvgIpc) is 3.68. The topological polar surface area (TPSA) is 113 Å². The number of aromatic amines is 1. The van der Waals surface area contributed by atoms with E-state index in [9.17, 15) is 14.4 Å². The van der Waals surface area contributed by atoms with Crippen LogP contribution in [0.15, 0.2) is 60.8 Å². The summed E-state index contributed by atoms with van der Waals surface area (Å²) in [6.45, 7) is 2.67. The van der Waals surface area contributed by atoms with Crippen molar-refractivity contribution in [3.05, 3.63) is 82.5 Å². The quantitative estimate of drug-likeness (QED) is 0.321. The Morgan fingerprint density at radius 2 is 1.80 bits per heavy atom. The molecule has 4 aromatic rings. The van der Waals surface area contributed by atoms with Gasteiger partial charge in [-0.3, -0.25) is 19.7 Å². The highest BCUT2D eigenvalue weighted by molar-refractivity contribution is 6.31. The zero-order valence-corrected chi connectivity index (χ0v) is 22.7. The minimum Gasteiger partial charge on any atom is -0.486 e. The lowest BCUT2D eigenvalue weighted by molar-refractivity contribution is -0.130. The normalized spacial score (nSPS) is 26.1. The number of nitrogens with zero attached hydrogens (tertiary/aromatic N) is 1. The summed E-state index contributed by atoms with van der Waals surface area (Å²) < 4.78 is 11.4. The van der Waals surface area contributed by atoms with Gasteiger partial charge in [0.15, 0.2) is 11.5 Å². The van der Waals surface area contributed by atoms with Crippen LogP contribution >= 0.6 is 11.6 Å². The number of aromatic nitrogens is 1. The number of hydrogen-bond donors (Lipinski definition) is 3. The van der Waals surface area contributed by atoms with Crippen molar-refractivity contribution < 1.29 is 23.9 Å². The van der Waals surface area contributed by atoms with Gasteiger partial charge in [0.05, 0.1) is 17.5 Å². The predicted molar refractivity (Wildman–Crippen MR) is 152 cm³/mol. The number of rotatable bonds is 3. The van der Waals surface area contributed by atoms with E-state index in [1.165, 1.54) is 4.90 Å². The second-order valence-corrected chi connectivity index (χ2v) is 11.5. The Labute approximate surface area is 239 Å². The van der Waals surface area contributed by atoms with Crippen LogP contribution in [0.5, 0.6) is 11.5 Å². The molecule has 1 spiro atoms. The maximum Gasteiger partial charge on any atom is 0.250 e. The number of benzene rings is 3. The molecular formula is C31H25ClN4O5. The first-order valence-electron chi connectivity index (χ1n) is 13.6. The molecule has 4 atom stereocenters. The van der Waals surface area contributed by atoms with E-state index < -0.39 is 29.3 Å². The molecular weight excluding hydrogens is 544 g/mol. The number of aryl methyl sites for hydroxylation is 1. The van der Waals surface area contributed by atoms with Gasteiger partial charge >= 0.3 is 0 Å². The maximum atomic E-state index is 14.4. The molecule has 4 aliphatic heterocycles. The van der Waals surface area contributed by atoms with Crippen LogP contribution in [0.1, 0.15) is 16.7 Å². The molecule has 2 fully saturated rings. The molecule has 1 aromatic heterocycles. The number of H-pyrrole nitrogens is 1. The number of nitrogens with one attached hydrogen (secondary N) is 3. The Morgan fingerprint density at radius 3 is 2.66 bits per heavy atom. The summed E-state index contributed by atoms with van der Waals surface area (Å²) in [5.74, 6) is -1.89. The Kier molecular flexibility index (Phi) is 5.12. The summed E-state index contributed by atoms with van der Waals surface area (Å²) in [6, 6.07) is 16.0. The number of carbonyl (C=O) groups excluding carboxylic acids is 3. The Bertz CT molecular complexity index is 1820. The van der Waals surface area contributed by atoms with Crippen molar-refractivity contribution in [3.63, 3.8) is 0 Å². The zero-order valence-electron chi connectivity index (χ0n) is 22.0. The van der Waals surface area contributed by atoms with Crippen LogP contribution in [0.3, 0.4) is 0 Å². The van der Waals surface area contributed by atoms with Gasteiger partial charge in [-0.05, 0) is 54.8 Å². The number of amides is 3. The predicted octanol–water partition coefficient (Wildman–Crippen LogP) is 4.07. The van der Waals surface area contributed by atoms with Crippen molar-refractivity contribution in [1.29, 1.82) is 0 Å². The largest absolute Gasteiger partial charge is 0.486 e. The van der Waals surface area contributed by atoms with E-state index >= 15 is 0 Å². The minimum absolute atomic E-state index is 0.356. The van der Waals surface area contributed by atoms with Crippen LogP contribution in [0.4, 0.5) is 11.4 Å². The molecule has 8 rings (SSSR count). The third-order valence-corrected chi connectivity index (χ3v) is 9.10. The van der Waals surface area contributed by atoms with Crippen molar-refractivity contribution >= 4 is 51.6 Å². The number of fused-ring (bicyclic) bond motifs is 6. The number of ether oxygens (including phenoxy) is 2. The van der Waals surface area contributed by atoms with Crippen molar-refractivity contribution in [2.75, 3.05) is 23.4 Å². The van der Waals surface area contributed by atoms with Gasteiger partial charge in [0.1, 0.15) is 18.8 Å². The van der Waals surface area contributed by atoms with Gasteiger partial charge in [-0.2, -0.15) is 0 Å². The molecule has 4 aliphatic rings. The first kappa shape index (κ1) is 24.5. The van der Waals surface area contributed by atoms with Crippen LogP contribution in [0.2, 0.25) is 5.02 Å². The smallest absolute Gasteiger partial charge is 0.250 e. The summed E-state index contributed by atoms with van der Waals surface area (Å²) in [5.41, 5.74) is 2.90. The number of hydrogen-bond acceptors (Lipinski definition) is 6. The molecule has 2 saturated heterocycles. The molecule has 0 aliphatic carbocycles. The molecule has 9 nitrogen and oxygen atoms in total. The standard InChI is InChI=1S/C31H25ClN4O5/c1-15-10-17(32)12-20-27(15)34-30(39)31(20)26-25(22(35-31)11-16-14-33-21-5-3-2-4-19(16)21)28(37)36(29(26)38)18-6-7-23-24(13-18)41-9-8-40-23/h2-7,10,12-14,22,25-26,33,35H,8-9,11H2,1H3,(H,34,39)/t22?,25-,26+,31?/m1/s1. The maximum absolute atomic E-state index is 14.4. The van der Waals surface area contributed by atoms with Gasteiger partial charge in [-0.1, -0.05) is 29.8 Å². The van der Waals surface area contributed by atoms with E-state index in [2.05, 4.69) is 15.6 Å². The molecule has 206 valence electrons. The lowest BCUT2D eigenvalue weighted by atomic mass is 9.76. The van der Waals surface area contributed by atoms with Gasteiger partial charge in [-0.15, -0.1) is 0 Å². The van der Waals surface area contributed by atoms with Gasteiger partial charge < -0.3 is 19.8 Å². The van der Waals surface area contributed by atoms with Crippen LogP contribution in [-0.2, 0) is 26.3 Å². The second-order valence-electron chi connectivity index (χ2n) is 11.1. The molecule has 3 N–H and O–H groups in total. The van der Waals surface area contributed by atoms with Gasteiger partial charge in [0.25, 0.3) is 0 Å². The molecule has 0 saturated carbocycles. The van der Waals surface area contributed by atoms with Crippen molar-refractivity contribution in [1.82, 2.24) is 10.3 Å². The summed E-state index contributed by atoms with van der Waals surface area (Å²) in [4.78, 5) is 47.1. The van der Waals surface area contributed by atoms with E-state index in [0.29, 0.717) is 53.1 Å². The first-order chi connectivity index (χ1) is 19.9. The lowest BCUT2D eigenvalue weighted by Gasteiger charge is -2.30. The lowest BCUT2D eigenvalue weighted by Crippen LogP contribution is -2.53. The van der Waals surface area contributed by atoms with E-state index in [0.717, 1.165) is 22.0 Å². The van der Waals surface area contributed by atoms with Crippen molar-refractivity contribution in [2.24, 2.45) is 11.8 Å².